The summed E-state index contributed by atoms with van der Waals surface area (Å²) in [5.41, 5.74) is -0.372. The van der Waals surface area contributed by atoms with Crippen LogP contribution in [0.5, 0.6) is 0 Å². The highest BCUT2D eigenvalue weighted by Gasteiger charge is 2.37. The molecule has 0 aromatic rings. The maximum atomic E-state index is 12.1. The van der Waals surface area contributed by atoms with Crippen molar-refractivity contribution in [2.45, 2.75) is 77.2 Å². The summed E-state index contributed by atoms with van der Waals surface area (Å²) in [6.07, 6.45) is 7.85. The van der Waals surface area contributed by atoms with Crippen molar-refractivity contribution in [2.75, 3.05) is 7.11 Å². The molecule has 0 bridgehead atoms. The molecule has 0 unspecified atom stereocenters. The molecule has 1 aliphatic rings. The summed E-state index contributed by atoms with van der Waals surface area (Å²) in [5, 5.41) is 3.14. The van der Waals surface area contributed by atoms with Gasteiger partial charge in [-0.15, -0.1) is 0 Å². The first kappa shape index (κ1) is 17.0. The molecule has 1 aliphatic carbocycles. The Morgan fingerprint density at radius 2 is 1.90 bits per heavy atom. The van der Waals surface area contributed by atoms with Crippen LogP contribution < -0.4 is 5.32 Å². The lowest BCUT2D eigenvalue weighted by molar-refractivity contribution is -0.143. The molecule has 0 spiro atoms. The average Bonchev–Trinajstić information content (AvgIpc) is 2.42. The largest absolute Gasteiger partial charge is 0.469 e. The predicted molar refractivity (Wildman–Crippen MR) is 79.3 cm³/mol. The van der Waals surface area contributed by atoms with E-state index in [1.807, 2.05) is 0 Å². The minimum absolute atomic E-state index is 0.0805. The van der Waals surface area contributed by atoms with E-state index in [-0.39, 0.29) is 17.4 Å². The van der Waals surface area contributed by atoms with Crippen LogP contribution in [-0.2, 0) is 14.3 Å². The molecule has 1 N–H and O–H groups in total. The molecule has 0 aromatic carbocycles. The van der Waals surface area contributed by atoms with E-state index in [0.29, 0.717) is 18.8 Å². The predicted octanol–water partition coefficient (Wildman–Crippen LogP) is 3.19. The Hall–Kier alpha value is -1.06. The Labute approximate surface area is 122 Å². The van der Waals surface area contributed by atoms with Crippen molar-refractivity contribution in [1.82, 2.24) is 5.32 Å². The SMILES string of the molecule is CCCCCC(=O)NC1(CC(=O)OC)CCC(C)CC1. The van der Waals surface area contributed by atoms with E-state index < -0.39 is 0 Å². The molecular weight excluding hydrogens is 254 g/mol. The minimum Gasteiger partial charge on any atom is -0.469 e. The highest BCUT2D eigenvalue weighted by molar-refractivity contribution is 5.78. The van der Waals surface area contributed by atoms with Gasteiger partial charge in [-0.1, -0.05) is 26.7 Å². The summed E-state index contributed by atoms with van der Waals surface area (Å²) >= 11 is 0. The highest BCUT2D eigenvalue weighted by atomic mass is 16.5. The topological polar surface area (TPSA) is 55.4 Å². The molecule has 0 heterocycles. The van der Waals surface area contributed by atoms with E-state index >= 15 is 0 Å². The van der Waals surface area contributed by atoms with Crippen molar-refractivity contribution in [3.63, 3.8) is 0 Å². The van der Waals surface area contributed by atoms with Gasteiger partial charge in [0.1, 0.15) is 0 Å². The second kappa shape index (κ2) is 8.28. The molecular formula is C16H29NO3. The quantitative estimate of drug-likeness (QED) is 0.576. The van der Waals surface area contributed by atoms with Gasteiger partial charge in [0.15, 0.2) is 0 Å². The lowest BCUT2D eigenvalue weighted by Gasteiger charge is -2.39. The van der Waals surface area contributed by atoms with Crippen LogP contribution in [0.4, 0.5) is 0 Å². The van der Waals surface area contributed by atoms with Gasteiger partial charge in [-0.25, -0.2) is 0 Å². The third kappa shape index (κ3) is 5.51. The zero-order chi connectivity index (χ0) is 15.0. The molecule has 0 radical (unpaired) electrons. The first-order valence-corrected chi connectivity index (χ1v) is 7.89. The second-order valence-electron chi connectivity index (χ2n) is 6.22. The number of nitrogens with one attached hydrogen (secondary N) is 1. The van der Waals surface area contributed by atoms with Gasteiger partial charge in [0.2, 0.25) is 5.91 Å². The van der Waals surface area contributed by atoms with Gasteiger partial charge in [0.25, 0.3) is 0 Å². The van der Waals surface area contributed by atoms with Crippen LogP contribution in [-0.4, -0.2) is 24.5 Å². The fourth-order valence-corrected chi connectivity index (χ4v) is 2.90. The van der Waals surface area contributed by atoms with Gasteiger partial charge in [-0.05, 0) is 38.0 Å². The van der Waals surface area contributed by atoms with Crippen molar-refractivity contribution in [3.05, 3.63) is 0 Å². The standard InChI is InChI=1S/C16H29NO3/c1-4-5-6-7-14(18)17-16(12-15(19)20-3)10-8-13(2)9-11-16/h13H,4-12H2,1-3H3,(H,17,18). The lowest BCUT2D eigenvalue weighted by Crippen LogP contribution is -2.52. The molecule has 0 aromatic heterocycles. The zero-order valence-corrected chi connectivity index (χ0v) is 13.2. The molecule has 0 saturated heterocycles. The molecule has 1 fully saturated rings. The molecule has 20 heavy (non-hydrogen) atoms. The lowest BCUT2D eigenvalue weighted by atomic mass is 9.75. The summed E-state index contributed by atoms with van der Waals surface area (Å²) in [6.45, 7) is 4.35. The average molecular weight is 283 g/mol. The van der Waals surface area contributed by atoms with Crippen LogP contribution in [0.2, 0.25) is 0 Å². The number of carbonyl (C=O) groups is 2. The fourth-order valence-electron chi connectivity index (χ4n) is 2.90. The Morgan fingerprint density at radius 1 is 1.25 bits per heavy atom. The van der Waals surface area contributed by atoms with E-state index in [0.717, 1.165) is 44.9 Å². The van der Waals surface area contributed by atoms with Gasteiger partial charge in [0.05, 0.1) is 19.1 Å². The van der Waals surface area contributed by atoms with Crippen molar-refractivity contribution in [2.24, 2.45) is 5.92 Å². The summed E-state index contributed by atoms with van der Waals surface area (Å²) in [6, 6.07) is 0. The second-order valence-corrected chi connectivity index (χ2v) is 6.22. The number of methoxy groups -OCH3 is 1. The third-order valence-electron chi connectivity index (χ3n) is 4.35. The van der Waals surface area contributed by atoms with Crippen LogP contribution in [0.3, 0.4) is 0 Å². The Kier molecular flexibility index (Phi) is 7.03. The highest BCUT2D eigenvalue weighted by Crippen LogP contribution is 2.34. The molecule has 4 heteroatoms. The van der Waals surface area contributed by atoms with Crippen molar-refractivity contribution in [1.29, 1.82) is 0 Å². The maximum absolute atomic E-state index is 12.1. The molecule has 116 valence electrons. The number of ether oxygens (including phenoxy) is 1. The third-order valence-corrected chi connectivity index (χ3v) is 4.35. The number of amides is 1. The van der Waals surface area contributed by atoms with E-state index in [1.54, 1.807) is 0 Å². The van der Waals surface area contributed by atoms with Gasteiger partial charge >= 0.3 is 5.97 Å². The number of hydrogen-bond donors (Lipinski definition) is 1. The Morgan fingerprint density at radius 3 is 2.45 bits per heavy atom. The van der Waals surface area contributed by atoms with Crippen LogP contribution in [0, 0.1) is 5.92 Å². The van der Waals surface area contributed by atoms with Gasteiger partial charge < -0.3 is 10.1 Å². The summed E-state index contributed by atoms with van der Waals surface area (Å²) < 4.78 is 4.79. The van der Waals surface area contributed by atoms with Crippen LogP contribution in [0.15, 0.2) is 0 Å². The van der Waals surface area contributed by atoms with E-state index in [2.05, 4.69) is 19.2 Å². The normalized spacial score (nSPS) is 26.1. The molecule has 1 saturated carbocycles. The number of hydrogen-bond acceptors (Lipinski definition) is 3. The zero-order valence-electron chi connectivity index (χ0n) is 13.2. The fraction of sp³-hybridized carbons (Fsp3) is 0.875. The number of rotatable bonds is 7. The van der Waals surface area contributed by atoms with Gasteiger partial charge in [-0.2, -0.15) is 0 Å². The van der Waals surface area contributed by atoms with Crippen molar-refractivity contribution in [3.8, 4) is 0 Å². The monoisotopic (exact) mass is 283 g/mol. The van der Waals surface area contributed by atoms with Crippen LogP contribution in [0.1, 0.15) is 71.6 Å². The summed E-state index contributed by atoms with van der Waals surface area (Å²) in [4.78, 5) is 23.7. The smallest absolute Gasteiger partial charge is 0.307 e. The van der Waals surface area contributed by atoms with E-state index in [4.69, 9.17) is 4.74 Å². The molecule has 0 atom stereocenters. The first-order valence-electron chi connectivity index (χ1n) is 7.89. The van der Waals surface area contributed by atoms with Crippen molar-refractivity contribution >= 4 is 11.9 Å². The number of carbonyl (C=O) groups excluding carboxylic acids is 2. The maximum Gasteiger partial charge on any atom is 0.307 e. The van der Waals surface area contributed by atoms with Crippen LogP contribution in [0.25, 0.3) is 0 Å². The Balaban J connectivity index is 2.58. The van der Waals surface area contributed by atoms with Crippen molar-refractivity contribution < 1.29 is 14.3 Å². The molecule has 1 rings (SSSR count). The van der Waals surface area contributed by atoms with Gasteiger partial charge in [-0.3, -0.25) is 9.59 Å². The molecule has 0 aliphatic heterocycles. The van der Waals surface area contributed by atoms with E-state index in [1.165, 1.54) is 7.11 Å². The van der Waals surface area contributed by atoms with Crippen LogP contribution >= 0.6 is 0 Å². The number of unbranched alkanes of at least 4 members (excludes halogenated alkanes) is 2. The Bertz CT molecular complexity index is 320. The minimum atomic E-state index is -0.372. The van der Waals surface area contributed by atoms with E-state index in [9.17, 15) is 9.59 Å². The number of esters is 1. The first-order chi connectivity index (χ1) is 9.51. The van der Waals surface area contributed by atoms with Gasteiger partial charge in [0, 0.05) is 6.42 Å². The molecule has 1 amide bonds. The summed E-state index contributed by atoms with van der Waals surface area (Å²) in [7, 11) is 1.41. The summed E-state index contributed by atoms with van der Waals surface area (Å²) in [5.74, 6) is 0.531. The molecule has 4 nitrogen and oxygen atoms in total.